The quantitative estimate of drug-likeness (QED) is 0.0262. The van der Waals surface area contributed by atoms with Gasteiger partial charge in [0.25, 0.3) is 0 Å². The standard InChI is InChI=1S/C60H92O6/c1-4-7-10-13-16-19-22-24-26-28-30-32-34-36-38-41-44-47-50-53-59(62)65-56-57(55-64-58(61)52-49-46-43-40-21-18-15-12-9-6-3)66-60(63)54-51-48-45-42-39-37-35-33-31-29-27-25-23-20-17-14-11-8-5-2/h7-8,10-12,15-17,19-20,24-27,30-33,36-39,44,47,57H,4-6,9,13-14,18,21-23,28-29,34-35,40-43,45-46,48-56H2,1-3H3/b10-7-,11-8-,15-12-,19-16-,20-17-,26-24-,27-25-,32-30-,33-31-,38-36-,39-37-,47-44-. The topological polar surface area (TPSA) is 78.9 Å². The number of carbonyl (C=O) groups is 3. The highest BCUT2D eigenvalue weighted by molar-refractivity contribution is 5.71. The summed E-state index contributed by atoms with van der Waals surface area (Å²) in [5.74, 6) is -1.07. The van der Waals surface area contributed by atoms with Crippen LogP contribution in [0.15, 0.2) is 146 Å². The molecule has 0 spiro atoms. The highest BCUT2D eigenvalue weighted by Crippen LogP contribution is 2.11. The molecule has 0 heterocycles. The van der Waals surface area contributed by atoms with E-state index in [0.717, 1.165) is 128 Å². The SMILES string of the molecule is CC/C=C\C/C=C\C/C=C\C/C=C\C/C=C\C/C=C\CCC(=O)OCC(COC(=O)CCCCCCC/C=C\CCC)OC(=O)CCCCC/C=C\C/C=C\C/C=C\C/C=C\C/C=C\CC. The van der Waals surface area contributed by atoms with Crippen LogP contribution in [0.5, 0.6) is 0 Å². The molecule has 0 fully saturated rings. The van der Waals surface area contributed by atoms with Crippen molar-refractivity contribution in [1.82, 2.24) is 0 Å². The molecule has 0 aromatic rings. The number of carbonyl (C=O) groups excluding carboxylic acids is 3. The molecule has 0 N–H and O–H groups in total. The van der Waals surface area contributed by atoms with Gasteiger partial charge in [0.15, 0.2) is 6.10 Å². The number of allylic oxidation sites excluding steroid dienone is 24. The summed E-state index contributed by atoms with van der Waals surface area (Å²) in [7, 11) is 0. The van der Waals surface area contributed by atoms with E-state index in [2.05, 4.69) is 154 Å². The van der Waals surface area contributed by atoms with Crippen molar-refractivity contribution in [2.75, 3.05) is 13.2 Å². The zero-order valence-corrected chi connectivity index (χ0v) is 41.9. The highest BCUT2D eigenvalue weighted by atomic mass is 16.6. The molecule has 0 aliphatic carbocycles. The Morgan fingerprint density at radius 3 is 1.05 bits per heavy atom. The molecular weight excluding hydrogens is 817 g/mol. The van der Waals surface area contributed by atoms with Crippen molar-refractivity contribution in [3.05, 3.63) is 146 Å². The first-order valence-electron chi connectivity index (χ1n) is 25.8. The van der Waals surface area contributed by atoms with E-state index < -0.39 is 6.10 Å². The van der Waals surface area contributed by atoms with Crippen LogP contribution in [0.1, 0.15) is 194 Å². The van der Waals surface area contributed by atoms with Crippen molar-refractivity contribution in [3.8, 4) is 0 Å². The maximum atomic E-state index is 12.8. The Hall–Kier alpha value is -4.71. The zero-order valence-electron chi connectivity index (χ0n) is 41.9. The molecular formula is C60H92O6. The fourth-order valence-corrected chi connectivity index (χ4v) is 6.26. The molecule has 0 aliphatic heterocycles. The maximum Gasteiger partial charge on any atom is 0.306 e. The van der Waals surface area contributed by atoms with Crippen molar-refractivity contribution in [3.63, 3.8) is 0 Å². The monoisotopic (exact) mass is 909 g/mol. The molecule has 0 aromatic heterocycles. The van der Waals surface area contributed by atoms with Gasteiger partial charge >= 0.3 is 17.9 Å². The van der Waals surface area contributed by atoms with E-state index in [9.17, 15) is 14.4 Å². The molecule has 368 valence electrons. The lowest BCUT2D eigenvalue weighted by molar-refractivity contribution is -0.166. The van der Waals surface area contributed by atoms with Crippen LogP contribution in [0.4, 0.5) is 0 Å². The second kappa shape index (κ2) is 52.9. The molecule has 0 saturated carbocycles. The van der Waals surface area contributed by atoms with Crippen LogP contribution >= 0.6 is 0 Å². The summed E-state index contributed by atoms with van der Waals surface area (Å²) in [6, 6.07) is 0. The maximum absolute atomic E-state index is 12.8. The van der Waals surface area contributed by atoms with E-state index >= 15 is 0 Å². The number of hydrogen-bond donors (Lipinski definition) is 0. The molecule has 0 bridgehead atoms. The minimum atomic E-state index is -0.835. The Morgan fingerprint density at radius 2 is 0.621 bits per heavy atom. The van der Waals surface area contributed by atoms with Crippen LogP contribution in [0.2, 0.25) is 0 Å². The van der Waals surface area contributed by atoms with E-state index in [-0.39, 0.29) is 44.0 Å². The second-order valence-corrected chi connectivity index (χ2v) is 16.3. The predicted molar refractivity (Wildman–Crippen MR) is 283 cm³/mol. The van der Waals surface area contributed by atoms with Gasteiger partial charge in [0, 0.05) is 19.3 Å². The third-order valence-corrected chi connectivity index (χ3v) is 10.1. The molecule has 0 aromatic carbocycles. The van der Waals surface area contributed by atoms with E-state index in [1.165, 1.54) is 12.8 Å². The second-order valence-electron chi connectivity index (χ2n) is 16.3. The van der Waals surface area contributed by atoms with Gasteiger partial charge in [-0.15, -0.1) is 0 Å². The van der Waals surface area contributed by atoms with E-state index in [1.54, 1.807) is 0 Å². The molecule has 1 unspecified atom stereocenters. The van der Waals surface area contributed by atoms with Crippen molar-refractivity contribution in [2.24, 2.45) is 0 Å². The van der Waals surface area contributed by atoms with E-state index in [4.69, 9.17) is 14.2 Å². The Kier molecular flexibility index (Phi) is 49.1. The van der Waals surface area contributed by atoms with Crippen LogP contribution in [0, 0.1) is 0 Å². The number of hydrogen-bond acceptors (Lipinski definition) is 6. The Morgan fingerprint density at radius 1 is 0.318 bits per heavy atom. The Labute approximate surface area is 404 Å². The summed E-state index contributed by atoms with van der Waals surface area (Å²) in [6.45, 7) is 6.22. The largest absolute Gasteiger partial charge is 0.462 e. The summed E-state index contributed by atoms with van der Waals surface area (Å²) >= 11 is 0. The molecule has 0 radical (unpaired) electrons. The molecule has 0 aliphatic rings. The van der Waals surface area contributed by atoms with Gasteiger partial charge in [-0.2, -0.15) is 0 Å². The van der Waals surface area contributed by atoms with Crippen LogP contribution < -0.4 is 0 Å². The molecule has 6 heteroatoms. The van der Waals surface area contributed by atoms with Crippen LogP contribution in [-0.2, 0) is 28.6 Å². The Balaban J connectivity index is 4.57. The van der Waals surface area contributed by atoms with Gasteiger partial charge in [0.2, 0.25) is 0 Å². The van der Waals surface area contributed by atoms with Gasteiger partial charge < -0.3 is 14.2 Å². The average Bonchev–Trinajstić information content (AvgIpc) is 3.31. The highest BCUT2D eigenvalue weighted by Gasteiger charge is 2.19. The van der Waals surface area contributed by atoms with Crippen molar-refractivity contribution < 1.29 is 28.6 Å². The van der Waals surface area contributed by atoms with Gasteiger partial charge in [-0.1, -0.05) is 199 Å². The first kappa shape index (κ1) is 61.3. The van der Waals surface area contributed by atoms with Gasteiger partial charge in [-0.3, -0.25) is 14.4 Å². The lowest BCUT2D eigenvalue weighted by Crippen LogP contribution is -2.30. The zero-order chi connectivity index (χ0) is 47.9. The normalized spacial score (nSPS) is 13.3. The van der Waals surface area contributed by atoms with E-state index in [1.807, 2.05) is 12.2 Å². The number of esters is 3. The third-order valence-electron chi connectivity index (χ3n) is 10.1. The molecule has 0 amide bonds. The summed E-state index contributed by atoms with van der Waals surface area (Å²) in [5.41, 5.74) is 0. The minimum Gasteiger partial charge on any atom is -0.462 e. The van der Waals surface area contributed by atoms with Crippen LogP contribution in [-0.4, -0.2) is 37.2 Å². The summed E-state index contributed by atoms with van der Waals surface area (Å²) < 4.78 is 16.7. The third kappa shape index (κ3) is 50.3. The summed E-state index contributed by atoms with van der Waals surface area (Å²) in [6.07, 6.45) is 75.6. The van der Waals surface area contributed by atoms with Gasteiger partial charge in [0.1, 0.15) is 13.2 Å². The van der Waals surface area contributed by atoms with Gasteiger partial charge in [0.05, 0.1) is 0 Å². The predicted octanol–water partition coefficient (Wildman–Crippen LogP) is 17.3. The summed E-state index contributed by atoms with van der Waals surface area (Å²) in [4.78, 5) is 37.9. The lowest BCUT2D eigenvalue weighted by atomic mass is 10.1. The number of rotatable bonds is 44. The smallest absolute Gasteiger partial charge is 0.306 e. The average molecular weight is 909 g/mol. The lowest BCUT2D eigenvalue weighted by Gasteiger charge is -2.18. The Bertz CT molecular complexity index is 1510. The first-order valence-corrected chi connectivity index (χ1v) is 25.8. The minimum absolute atomic E-state index is 0.126. The fraction of sp³-hybridized carbons (Fsp3) is 0.550. The van der Waals surface area contributed by atoms with Gasteiger partial charge in [-0.05, 0) is 122 Å². The van der Waals surface area contributed by atoms with Crippen molar-refractivity contribution in [1.29, 1.82) is 0 Å². The number of ether oxygens (including phenoxy) is 3. The summed E-state index contributed by atoms with van der Waals surface area (Å²) in [5, 5.41) is 0. The number of unbranched alkanes of at least 4 members (excludes halogenated alkanes) is 9. The molecule has 0 saturated heterocycles. The van der Waals surface area contributed by atoms with Crippen molar-refractivity contribution >= 4 is 17.9 Å². The molecule has 0 rings (SSSR count). The first-order chi connectivity index (χ1) is 32.5. The van der Waals surface area contributed by atoms with E-state index in [0.29, 0.717) is 19.3 Å². The van der Waals surface area contributed by atoms with Crippen LogP contribution in [0.3, 0.4) is 0 Å². The van der Waals surface area contributed by atoms with Crippen LogP contribution in [0.25, 0.3) is 0 Å². The molecule has 1 atom stereocenters. The van der Waals surface area contributed by atoms with Crippen molar-refractivity contribution in [2.45, 2.75) is 200 Å². The fourth-order valence-electron chi connectivity index (χ4n) is 6.26. The molecule has 6 nitrogen and oxygen atoms in total. The van der Waals surface area contributed by atoms with Gasteiger partial charge in [-0.25, -0.2) is 0 Å². The molecule has 66 heavy (non-hydrogen) atoms.